The Labute approximate surface area is 213 Å². The lowest BCUT2D eigenvalue weighted by Gasteiger charge is -2.44. The molecule has 0 saturated carbocycles. The van der Waals surface area contributed by atoms with E-state index in [0.29, 0.717) is 6.61 Å². The van der Waals surface area contributed by atoms with Gasteiger partial charge in [0.25, 0.3) is 0 Å². The van der Waals surface area contributed by atoms with E-state index in [1.165, 1.54) is 11.8 Å². The Morgan fingerprint density at radius 3 is 1.86 bits per heavy atom. The molecule has 0 bridgehead atoms. The topological polar surface area (TPSA) is 125 Å². The Bertz CT molecular complexity index is 1170. The summed E-state index contributed by atoms with van der Waals surface area (Å²) in [5.74, 6) is 0. The van der Waals surface area contributed by atoms with E-state index in [4.69, 9.17) is 19.7 Å². The Morgan fingerprint density at radius 2 is 1.31 bits per heavy atom. The second-order valence-corrected chi connectivity index (χ2v) is 9.28. The van der Waals surface area contributed by atoms with Crippen LogP contribution in [0.3, 0.4) is 0 Å². The van der Waals surface area contributed by atoms with Crippen molar-refractivity contribution < 1.29 is 14.2 Å². The van der Waals surface area contributed by atoms with Crippen LogP contribution >= 0.6 is 11.8 Å². The molecular weight excluding hydrogens is 476 g/mol. The van der Waals surface area contributed by atoms with E-state index in [1.54, 1.807) is 0 Å². The second kappa shape index (κ2) is 13.6. The van der Waals surface area contributed by atoms with Gasteiger partial charge in [-0.1, -0.05) is 101 Å². The largest absolute Gasteiger partial charge is 0.370 e. The molecule has 1 fully saturated rings. The summed E-state index contributed by atoms with van der Waals surface area (Å²) >= 11 is 1.47. The fraction of sp³-hybridized carbons (Fsp3) is 0.308. The maximum Gasteiger partial charge on any atom is 0.134 e. The van der Waals surface area contributed by atoms with Gasteiger partial charge in [-0.05, 0) is 34.3 Å². The summed E-state index contributed by atoms with van der Waals surface area (Å²) < 4.78 is 19.1. The first-order chi connectivity index (χ1) is 17.8. The van der Waals surface area contributed by atoms with E-state index in [1.807, 2.05) is 91.0 Å². The van der Waals surface area contributed by atoms with E-state index < -0.39 is 29.8 Å². The van der Waals surface area contributed by atoms with Gasteiger partial charge in [0.1, 0.15) is 11.5 Å². The summed E-state index contributed by atoms with van der Waals surface area (Å²) in [6.07, 6.45) is -1.92. The third-order valence-electron chi connectivity index (χ3n) is 5.69. The Balaban J connectivity index is 1.64. The summed E-state index contributed by atoms with van der Waals surface area (Å²) in [5, 5.41) is 7.87. The lowest BCUT2D eigenvalue weighted by atomic mass is 9.97. The summed E-state index contributed by atoms with van der Waals surface area (Å²) in [5.41, 5.74) is 19.9. The number of benzene rings is 3. The molecule has 0 aliphatic carbocycles. The highest BCUT2D eigenvalue weighted by Crippen LogP contribution is 2.38. The van der Waals surface area contributed by atoms with Gasteiger partial charge in [0.15, 0.2) is 0 Å². The van der Waals surface area contributed by atoms with Gasteiger partial charge in [-0.25, -0.2) is 0 Å². The first-order valence-electron chi connectivity index (χ1n) is 11.5. The molecule has 5 atom stereocenters. The number of nitrogens with zero attached hydrogens (tertiary/aromatic N) is 6. The quantitative estimate of drug-likeness (QED) is 0.165. The van der Waals surface area contributed by atoms with Crippen molar-refractivity contribution in [1.82, 2.24) is 0 Å². The molecule has 0 radical (unpaired) electrons. The Morgan fingerprint density at radius 1 is 0.750 bits per heavy atom. The van der Waals surface area contributed by atoms with Crippen molar-refractivity contribution in [2.75, 3.05) is 6.54 Å². The van der Waals surface area contributed by atoms with Crippen LogP contribution in [0.1, 0.15) is 11.1 Å². The fourth-order valence-corrected chi connectivity index (χ4v) is 5.15. The van der Waals surface area contributed by atoms with Crippen molar-refractivity contribution in [3.63, 3.8) is 0 Å². The average Bonchev–Trinajstić information content (AvgIpc) is 2.93. The molecule has 0 aromatic heterocycles. The number of ether oxygens (including phenoxy) is 3. The molecule has 1 aliphatic heterocycles. The first-order valence-corrected chi connectivity index (χ1v) is 12.4. The van der Waals surface area contributed by atoms with Crippen molar-refractivity contribution >= 4 is 11.8 Å². The number of azide groups is 2. The van der Waals surface area contributed by atoms with Gasteiger partial charge >= 0.3 is 0 Å². The number of hydrogen-bond donors (Lipinski definition) is 0. The van der Waals surface area contributed by atoms with Crippen molar-refractivity contribution in [3.05, 3.63) is 123 Å². The van der Waals surface area contributed by atoms with Crippen LogP contribution in [0.5, 0.6) is 0 Å². The lowest BCUT2D eigenvalue weighted by molar-refractivity contribution is -0.183. The minimum atomic E-state index is -0.712. The highest BCUT2D eigenvalue weighted by molar-refractivity contribution is 7.99. The zero-order chi connectivity index (χ0) is 25.0. The molecule has 36 heavy (non-hydrogen) atoms. The number of rotatable bonds is 11. The van der Waals surface area contributed by atoms with E-state index in [9.17, 15) is 5.53 Å². The van der Waals surface area contributed by atoms with Crippen molar-refractivity contribution in [3.8, 4) is 0 Å². The predicted molar refractivity (Wildman–Crippen MR) is 138 cm³/mol. The average molecular weight is 503 g/mol. The molecule has 3 aromatic rings. The van der Waals surface area contributed by atoms with Gasteiger partial charge in [-0.2, -0.15) is 0 Å². The van der Waals surface area contributed by atoms with Gasteiger partial charge in [0, 0.05) is 14.7 Å². The minimum absolute atomic E-state index is 0.0324. The summed E-state index contributed by atoms with van der Waals surface area (Å²) in [4.78, 5) is 7.00. The highest BCUT2D eigenvalue weighted by Gasteiger charge is 2.47. The van der Waals surface area contributed by atoms with E-state index in [-0.39, 0.29) is 13.2 Å². The third-order valence-corrected chi connectivity index (χ3v) is 6.85. The van der Waals surface area contributed by atoms with Gasteiger partial charge in [0.05, 0.1) is 38.0 Å². The molecular formula is C26H26N6O3S. The number of hydrogen-bond acceptors (Lipinski definition) is 6. The maximum absolute atomic E-state index is 9.48. The van der Waals surface area contributed by atoms with Crippen LogP contribution in [-0.2, 0) is 27.4 Å². The van der Waals surface area contributed by atoms with Crippen molar-refractivity contribution in [1.29, 1.82) is 0 Å². The molecule has 1 aliphatic rings. The van der Waals surface area contributed by atoms with Crippen LogP contribution in [0.15, 0.2) is 106 Å². The molecule has 1 heterocycles. The summed E-state index contributed by atoms with van der Waals surface area (Å²) in [6.45, 7) is 0.621. The predicted octanol–water partition coefficient (Wildman–Crippen LogP) is 6.66. The minimum Gasteiger partial charge on any atom is -0.370 e. The maximum atomic E-state index is 9.48. The summed E-state index contributed by atoms with van der Waals surface area (Å²) in [6, 6.07) is 28.5. The molecule has 0 amide bonds. The van der Waals surface area contributed by atoms with Crippen molar-refractivity contribution in [2.24, 2.45) is 10.2 Å². The molecule has 0 N–H and O–H groups in total. The van der Waals surface area contributed by atoms with Crippen LogP contribution in [0, 0.1) is 0 Å². The fourth-order valence-electron chi connectivity index (χ4n) is 3.99. The van der Waals surface area contributed by atoms with Gasteiger partial charge in [0.2, 0.25) is 0 Å². The van der Waals surface area contributed by atoms with Crippen LogP contribution in [0.4, 0.5) is 0 Å². The van der Waals surface area contributed by atoms with Gasteiger partial charge in [-0.3, -0.25) is 0 Å². The van der Waals surface area contributed by atoms with Crippen LogP contribution < -0.4 is 0 Å². The second-order valence-electron chi connectivity index (χ2n) is 8.11. The zero-order valence-corrected chi connectivity index (χ0v) is 20.3. The Kier molecular flexibility index (Phi) is 9.64. The van der Waals surface area contributed by atoms with E-state index in [0.717, 1.165) is 16.0 Å². The lowest BCUT2D eigenvalue weighted by Crippen LogP contribution is -2.58. The molecule has 9 nitrogen and oxygen atoms in total. The molecule has 184 valence electrons. The molecule has 1 saturated heterocycles. The van der Waals surface area contributed by atoms with Gasteiger partial charge in [-0.15, -0.1) is 0 Å². The third kappa shape index (κ3) is 7.02. The van der Waals surface area contributed by atoms with Crippen LogP contribution in [0.2, 0.25) is 0 Å². The monoisotopic (exact) mass is 502 g/mol. The van der Waals surface area contributed by atoms with Crippen molar-refractivity contribution in [2.45, 2.75) is 47.9 Å². The van der Waals surface area contributed by atoms with E-state index in [2.05, 4.69) is 20.1 Å². The van der Waals surface area contributed by atoms with E-state index >= 15 is 0 Å². The van der Waals surface area contributed by atoms with Gasteiger partial charge < -0.3 is 14.2 Å². The summed E-state index contributed by atoms with van der Waals surface area (Å²) in [7, 11) is 0. The standard InChI is InChI=1S/C26H26N6O3S/c27-31-29-16-22-24(33-17-19-10-4-1-5-11-19)23(30-32-28)25(34-18-20-12-6-2-7-13-20)26(35-22)36-21-14-8-3-9-15-21/h1-15,22-26H,16-18H2/t22-,23+,24-,25-,26+/m1/s1. The normalized spacial score (nSPS) is 23.3. The molecule has 0 spiro atoms. The zero-order valence-electron chi connectivity index (χ0n) is 19.5. The number of thioether (sulfide) groups is 1. The smallest absolute Gasteiger partial charge is 0.134 e. The highest BCUT2D eigenvalue weighted by atomic mass is 32.2. The first kappa shape index (κ1) is 25.6. The molecule has 4 rings (SSSR count). The Hall–Kier alpha value is -3.49. The molecule has 10 heteroatoms. The van der Waals surface area contributed by atoms with Crippen LogP contribution in [0.25, 0.3) is 20.9 Å². The molecule has 3 aromatic carbocycles. The SMILES string of the molecule is [N-]=[N+]=NC[C@H]1O[C@@H](Sc2ccccc2)[C@H](OCc2ccccc2)[C@@H](N=[N+]=[N-])[C@@H]1OCc1ccccc1. The van der Waals surface area contributed by atoms with Crippen LogP contribution in [-0.4, -0.2) is 36.3 Å². The molecule has 0 unspecified atom stereocenters.